The fourth-order valence-electron chi connectivity index (χ4n) is 3.38. The Labute approximate surface area is 127 Å². The number of nitrogens with zero attached hydrogens (tertiary/aromatic N) is 1. The van der Waals surface area contributed by atoms with Crippen molar-refractivity contribution in [2.75, 3.05) is 25.9 Å². The van der Waals surface area contributed by atoms with Gasteiger partial charge in [-0.25, -0.2) is 13.1 Å². The van der Waals surface area contributed by atoms with Crippen LogP contribution in [-0.4, -0.2) is 57.2 Å². The van der Waals surface area contributed by atoms with Crippen LogP contribution in [0.2, 0.25) is 0 Å². The van der Waals surface area contributed by atoms with Crippen LogP contribution in [0.15, 0.2) is 0 Å². The van der Waals surface area contributed by atoms with Crippen molar-refractivity contribution in [3.63, 3.8) is 0 Å². The summed E-state index contributed by atoms with van der Waals surface area (Å²) >= 11 is 0. The first-order valence-corrected chi connectivity index (χ1v) is 9.81. The lowest BCUT2D eigenvalue weighted by molar-refractivity contribution is -0.121. The summed E-state index contributed by atoms with van der Waals surface area (Å²) in [5.74, 6) is -0.240. The first-order valence-electron chi connectivity index (χ1n) is 7.92. The van der Waals surface area contributed by atoms with E-state index in [0.29, 0.717) is 6.04 Å². The molecule has 2 fully saturated rings. The highest BCUT2D eigenvalue weighted by Gasteiger charge is 2.27. The standard InChI is InChI=1S/C14H27N3O3S/c1-21(19,20)15-10-14(18)16-12-6-5-9-17(11-12)13-7-3-2-4-8-13/h12-13,15H,2-11H2,1H3,(H,16,18)/t12-/m0/s1. The Bertz CT molecular complexity index is 446. The molecule has 0 spiro atoms. The van der Waals surface area contributed by atoms with Crippen LogP contribution in [0.5, 0.6) is 0 Å². The Morgan fingerprint density at radius 3 is 2.52 bits per heavy atom. The van der Waals surface area contributed by atoms with E-state index in [1.165, 1.54) is 32.1 Å². The number of carbonyl (C=O) groups excluding carboxylic acids is 1. The minimum absolute atomic E-state index is 0.148. The number of piperidine rings is 1. The zero-order valence-electron chi connectivity index (χ0n) is 12.8. The number of carbonyl (C=O) groups is 1. The van der Waals surface area contributed by atoms with Gasteiger partial charge in [0.2, 0.25) is 15.9 Å². The van der Waals surface area contributed by atoms with E-state index < -0.39 is 10.0 Å². The zero-order valence-corrected chi connectivity index (χ0v) is 13.6. The maximum absolute atomic E-state index is 11.8. The number of hydrogen-bond acceptors (Lipinski definition) is 4. The molecule has 7 heteroatoms. The van der Waals surface area contributed by atoms with Gasteiger partial charge in [0.1, 0.15) is 0 Å². The number of amides is 1. The van der Waals surface area contributed by atoms with E-state index in [0.717, 1.165) is 32.2 Å². The summed E-state index contributed by atoms with van der Waals surface area (Å²) in [6, 6.07) is 0.821. The Morgan fingerprint density at radius 2 is 1.86 bits per heavy atom. The first-order chi connectivity index (χ1) is 9.94. The van der Waals surface area contributed by atoms with Gasteiger partial charge in [-0.15, -0.1) is 0 Å². The molecule has 6 nitrogen and oxygen atoms in total. The van der Waals surface area contributed by atoms with Gasteiger partial charge in [-0.1, -0.05) is 19.3 Å². The molecule has 0 aromatic carbocycles. The molecule has 21 heavy (non-hydrogen) atoms. The molecular weight excluding hydrogens is 290 g/mol. The monoisotopic (exact) mass is 317 g/mol. The van der Waals surface area contributed by atoms with Crippen molar-refractivity contribution in [3.05, 3.63) is 0 Å². The van der Waals surface area contributed by atoms with Crippen molar-refractivity contribution < 1.29 is 13.2 Å². The summed E-state index contributed by atoms with van der Waals surface area (Å²) in [6.45, 7) is 1.85. The molecule has 0 radical (unpaired) electrons. The lowest BCUT2D eigenvalue weighted by Crippen LogP contribution is -2.52. The molecule has 0 unspecified atom stereocenters. The van der Waals surface area contributed by atoms with E-state index in [9.17, 15) is 13.2 Å². The molecule has 1 aliphatic heterocycles. The second-order valence-corrected chi connectivity index (χ2v) is 8.12. The van der Waals surface area contributed by atoms with Gasteiger partial charge in [-0.2, -0.15) is 0 Å². The number of likely N-dealkylation sites (tertiary alicyclic amines) is 1. The van der Waals surface area contributed by atoms with Crippen LogP contribution in [0, 0.1) is 0 Å². The molecule has 1 saturated carbocycles. The highest BCUT2D eigenvalue weighted by atomic mass is 32.2. The molecule has 1 heterocycles. The molecule has 1 saturated heterocycles. The number of nitrogens with one attached hydrogen (secondary N) is 2. The van der Waals surface area contributed by atoms with Gasteiger partial charge in [0.15, 0.2) is 0 Å². The molecule has 1 amide bonds. The van der Waals surface area contributed by atoms with E-state index in [2.05, 4.69) is 14.9 Å². The van der Waals surface area contributed by atoms with Gasteiger partial charge in [0.25, 0.3) is 0 Å². The molecule has 2 rings (SSSR count). The summed E-state index contributed by atoms with van der Waals surface area (Å²) in [5, 5.41) is 2.95. The van der Waals surface area contributed by atoms with Gasteiger partial charge in [-0.3, -0.25) is 9.69 Å². The second kappa shape index (κ2) is 7.56. The van der Waals surface area contributed by atoms with Gasteiger partial charge in [-0.05, 0) is 32.2 Å². The topological polar surface area (TPSA) is 78.5 Å². The van der Waals surface area contributed by atoms with Gasteiger partial charge >= 0.3 is 0 Å². The molecule has 0 bridgehead atoms. The second-order valence-electron chi connectivity index (χ2n) is 6.29. The van der Waals surface area contributed by atoms with Crippen molar-refractivity contribution in [2.24, 2.45) is 0 Å². The zero-order chi connectivity index (χ0) is 15.3. The van der Waals surface area contributed by atoms with E-state index >= 15 is 0 Å². The quantitative estimate of drug-likeness (QED) is 0.772. The lowest BCUT2D eigenvalue weighted by atomic mass is 9.92. The van der Waals surface area contributed by atoms with E-state index in [1.807, 2.05) is 0 Å². The fraction of sp³-hybridized carbons (Fsp3) is 0.929. The largest absolute Gasteiger partial charge is 0.351 e. The highest BCUT2D eigenvalue weighted by Crippen LogP contribution is 2.25. The maximum atomic E-state index is 11.8. The Balaban J connectivity index is 1.76. The third-order valence-corrected chi connectivity index (χ3v) is 5.07. The van der Waals surface area contributed by atoms with E-state index in [4.69, 9.17) is 0 Å². The lowest BCUT2D eigenvalue weighted by Gasteiger charge is -2.40. The van der Waals surface area contributed by atoms with E-state index in [1.54, 1.807) is 0 Å². The SMILES string of the molecule is CS(=O)(=O)NCC(=O)N[C@H]1CCCN(C2CCCCC2)C1. The molecule has 122 valence electrons. The van der Waals surface area contributed by atoms with Gasteiger partial charge in [0.05, 0.1) is 12.8 Å². The summed E-state index contributed by atoms with van der Waals surface area (Å²) in [5.41, 5.74) is 0. The Kier molecular flexibility index (Phi) is 6.01. The third kappa shape index (κ3) is 5.92. The van der Waals surface area contributed by atoms with Crippen LogP contribution in [-0.2, 0) is 14.8 Å². The maximum Gasteiger partial charge on any atom is 0.235 e. The van der Waals surface area contributed by atoms with Crippen molar-refractivity contribution in [1.82, 2.24) is 14.9 Å². The number of sulfonamides is 1. The average Bonchev–Trinajstić information content (AvgIpc) is 2.46. The van der Waals surface area contributed by atoms with E-state index in [-0.39, 0.29) is 18.5 Å². The van der Waals surface area contributed by atoms with Crippen molar-refractivity contribution in [3.8, 4) is 0 Å². The summed E-state index contributed by atoms with van der Waals surface area (Å²) in [7, 11) is -3.31. The Hall–Kier alpha value is -0.660. The van der Waals surface area contributed by atoms with Crippen LogP contribution in [0.25, 0.3) is 0 Å². The summed E-state index contributed by atoms with van der Waals surface area (Å²) in [6.07, 6.45) is 9.67. The number of hydrogen-bond donors (Lipinski definition) is 2. The molecule has 1 aliphatic carbocycles. The van der Waals surface area contributed by atoms with Crippen molar-refractivity contribution >= 4 is 15.9 Å². The van der Waals surface area contributed by atoms with Crippen LogP contribution < -0.4 is 10.0 Å². The number of rotatable bonds is 5. The predicted molar refractivity (Wildman–Crippen MR) is 82.5 cm³/mol. The smallest absolute Gasteiger partial charge is 0.235 e. The van der Waals surface area contributed by atoms with Crippen LogP contribution >= 0.6 is 0 Å². The predicted octanol–water partition coefficient (Wildman–Crippen LogP) is 0.449. The molecule has 2 N–H and O–H groups in total. The normalized spacial score (nSPS) is 25.7. The summed E-state index contributed by atoms with van der Waals surface area (Å²) in [4.78, 5) is 14.3. The highest BCUT2D eigenvalue weighted by molar-refractivity contribution is 7.88. The molecule has 0 aromatic rings. The fourth-order valence-corrected chi connectivity index (χ4v) is 3.77. The first kappa shape index (κ1) is 16.7. The van der Waals surface area contributed by atoms with Crippen molar-refractivity contribution in [2.45, 2.75) is 57.0 Å². The molecule has 0 aromatic heterocycles. The van der Waals surface area contributed by atoms with Crippen molar-refractivity contribution in [1.29, 1.82) is 0 Å². The average molecular weight is 317 g/mol. The molecular formula is C14H27N3O3S. The Morgan fingerprint density at radius 1 is 1.14 bits per heavy atom. The molecule has 2 aliphatic rings. The van der Waals surface area contributed by atoms with Crippen LogP contribution in [0.3, 0.4) is 0 Å². The molecule has 1 atom stereocenters. The van der Waals surface area contributed by atoms with Crippen LogP contribution in [0.4, 0.5) is 0 Å². The van der Waals surface area contributed by atoms with Gasteiger partial charge in [0, 0.05) is 18.6 Å². The van der Waals surface area contributed by atoms with Crippen LogP contribution in [0.1, 0.15) is 44.9 Å². The minimum atomic E-state index is -3.31. The van der Waals surface area contributed by atoms with Gasteiger partial charge < -0.3 is 5.32 Å². The third-order valence-electron chi connectivity index (χ3n) is 4.40. The summed E-state index contributed by atoms with van der Waals surface area (Å²) < 4.78 is 24.2. The minimum Gasteiger partial charge on any atom is -0.351 e.